The summed E-state index contributed by atoms with van der Waals surface area (Å²) in [5.74, 6) is 0.584. The molecule has 0 spiro atoms. The van der Waals surface area contributed by atoms with Crippen LogP contribution < -0.4 is 5.32 Å². The van der Waals surface area contributed by atoms with E-state index in [1.165, 1.54) is 16.7 Å². The molecule has 2 rings (SSSR count). The van der Waals surface area contributed by atoms with Crippen LogP contribution in [0.4, 0.5) is 0 Å². The Bertz CT molecular complexity index is 389. The van der Waals surface area contributed by atoms with Crippen molar-refractivity contribution in [1.82, 2.24) is 5.32 Å². The summed E-state index contributed by atoms with van der Waals surface area (Å²) in [5.41, 5.74) is 4.13. The molecule has 1 aromatic carbocycles. The number of ether oxygens (including phenoxy) is 1. The predicted octanol–water partition coefficient (Wildman–Crippen LogP) is 2.99. The average Bonchev–Trinajstić information content (AvgIpc) is 2.71. The molecule has 1 fully saturated rings. The quantitative estimate of drug-likeness (QED) is 0.866. The van der Waals surface area contributed by atoms with E-state index < -0.39 is 0 Å². The highest BCUT2D eigenvalue weighted by Gasteiger charge is 2.32. The molecule has 1 aliphatic rings. The van der Waals surface area contributed by atoms with Gasteiger partial charge in [-0.3, -0.25) is 0 Å². The number of nitrogens with one attached hydrogen (secondary N) is 1. The van der Waals surface area contributed by atoms with Crippen molar-refractivity contribution in [2.24, 2.45) is 5.92 Å². The van der Waals surface area contributed by atoms with Crippen LogP contribution >= 0.6 is 0 Å². The molecule has 1 N–H and O–H groups in total. The van der Waals surface area contributed by atoms with E-state index in [-0.39, 0.29) is 0 Å². The molecule has 94 valence electrons. The zero-order valence-electron chi connectivity index (χ0n) is 11.3. The van der Waals surface area contributed by atoms with Crippen molar-refractivity contribution in [3.63, 3.8) is 0 Å². The molecule has 0 amide bonds. The van der Waals surface area contributed by atoms with Gasteiger partial charge < -0.3 is 10.1 Å². The Morgan fingerprint density at radius 2 is 2.12 bits per heavy atom. The molecule has 17 heavy (non-hydrogen) atoms. The van der Waals surface area contributed by atoms with Gasteiger partial charge in [0.15, 0.2) is 0 Å². The number of benzene rings is 1. The third kappa shape index (κ3) is 2.53. The molecular weight excluding hydrogens is 210 g/mol. The molecule has 3 unspecified atom stereocenters. The molecule has 0 radical (unpaired) electrons. The van der Waals surface area contributed by atoms with E-state index in [1.54, 1.807) is 0 Å². The number of rotatable bonds is 3. The third-order valence-corrected chi connectivity index (χ3v) is 3.94. The summed E-state index contributed by atoms with van der Waals surface area (Å²) in [6.45, 7) is 7.44. The van der Waals surface area contributed by atoms with Gasteiger partial charge in [0.1, 0.15) is 0 Å². The first kappa shape index (κ1) is 12.6. The van der Waals surface area contributed by atoms with E-state index in [0.717, 1.165) is 13.0 Å². The molecule has 2 heteroatoms. The Hall–Kier alpha value is -0.860. The number of aryl methyl sites for hydroxylation is 2. The number of hydrogen-bond donors (Lipinski definition) is 1. The minimum Gasteiger partial charge on any atom is -0.378 e. The average molecular weight is 233 g/mol. The Balaban J connectivity index is 2.31. The second-order valence-electron chi connectivity index (χ2n) is 5.15. The van der Waals surface area contributed by atoms with Gasteiger partial charge in [0, 0.05) is 18.6 Å². The van der Waals surface area contributed by atoms with Gasteiger partial charge >= 0.3 is 0 Å². The molecule has 1 saturated heterocycles. The highest BCUT2D eigenvalue weighted by molar-refractivity contribution is 5.33. The fourth-order valence-corrected chi connectivity index (χ4v) is 2.88. The van der Waals surface area contributed by atoms with Gasteiger partial charge in [-0.25, -0.2) is 0 Å². The Kier molecular flexibility index (Phi) is 3.85. The van der Waals surface area contributed by atoms with Crippen LogP contribution in [0, 0.1) is 19.8 Å². The van der Waals surface area contributed by atoms with Crippen LogP contribution in [0.2, 0.25) is 0 Å². The zero-order chi connectivity index (χ0) is 12.4. The molecule has 0 aromatic heterocycles. The molecular formula is C15H23NO. The normalized spacial score (nSPS) is 26.1. The van der Waals surface area contributed by atoms with Crippen LogP contribution in [0.3, 0.4) is 0 Å². The SMILES string of the molecule is CNC(c1cc(C)ccc1C)C1CCOC1C. The van der Waals surface area contributed by atoms with Gasteiger partial charge in [0.05, 0.1) is 6.10 Å². The van der Waals surface area contributed by atoms with Gasteiger partial charge in [-0.1, -0.05) is 23.8 Å². The molecule has 1 heterocycles. The van der Waals surface area contributed by atoms with E-state index >= 15 is 0 Å². The van der Waals surface area contributed by atoms with Crippen LogP contribution in [-0.2, 0) is 4.74 Å². The minimum absolute atomic E-state index is 0.354. The van der Waals surface area contributed by atoms with Crippen molar-refractivity contribution in [1.29, 1.82) is 0 Å². The fraction of sp³-hybridized carbons (Fsp3) is 0.600. The van der Waals surface area contributed by atoms with Crippen molar-refractivity contribution in [2.45, 2.75) is 39.3 Å². The van der Waals surface area contributed by atoms with Gasteiger partial charge in [0.25, 0.3) is 0 Å². The first-order valence-corrected chi connectivity index (χ1v) is 6.49. The van der Waals surface area contributed by atoms with Gasteiger partial charge in [-0.15, -0.1) is 0 Å². The van der Waals surface area contributed by atoms with Crippen molar-refractivity contribution < 1.29 is 4.74 Å². The summed E-state index contributed by atoms with van der Waals surface area (Å²) >= 11 is 0. The summed E-state index contributed by atoms with van der Waals surface area (Å²) in [5, 5.41) is 3.48. The second kappa shape index (κ2) is 5.19. The Morgan fingerprint density at radius 3 is 2.71 bits per heavy atom. The highest BCUT2D eigenvalue weighted by Crippen LogP contribution is 2.34. The van der Waals surface area contributed by atoms with Crippen LogP contribution in [0.15, 0.2) is 18.2 Å². The van der Waals surface area contributed by atoms with Crippen molar-refractivity contribution in [2.75, 3.05) is 13.7 Å². The maximum absolute atomic E-state index is 5.70. The molecule has 1 aliphatic heterocycles. The van der Waals surface area contributed by atoms with E-state index in [9.17, 15) is 0 Å². The summed E-state index contributed by atoms with van der Waals surface area (Å²) in [7, 11) is 2.05. The van der Waals surface area contributed by atoms with Crippen molar-refractivity contribution in [3.8, 4) is 0 Å². The van der Waals surface area contributed by atoms with Crippen molar-refractivity contribution in [3.05, 3.63) is 34.9 Å². The maximum atomic E-state index is 5.70. The standard InChI is InChI=1S/C15H23NO/c1-10-5-6-11(2)14(9-10)15(16-4)13-7-8-17-12(13)3/h5-6,9,12-13,15-16H,7-8H2,1-4H3. The smallest absolute Gasteiger partial charge is 0.0594 e. The summed E-state index contributed by atoms with van der Waals surface area (Å²) in [4.78, 5) is 0. The topological polar surface area (TPSA) is 21.3 Å². The molecule has 2 nitrogen and oxygen atoms in total. The highest BCUT2D eigenvalue weighted by atomic mass is 16.5. The van der Waals surface area contributed by atoms with E-state index in [2.05, 4.69) is 51.3 Å². The lowest BCUT2D eigenvalue weighted by Gasteiger charge is -2.27. The third-order valence-electron chi connectivity index (χ3n) is 3.94. The summed E-state index contributed by atoms with van der Waals surface area (Å²) in [6, 6.07) is 7.12. The van der Waals surface area contributed by atoms with E-state index in [0.29, 0.717) is 18.1 Å². The predicted molar refractivity (Wildman–Crippen MR) is 71.2 cm³/mol. The lowest BCUT2D eigenvalue weighted by atomic mass is 9.86. The van der Waals surface area contributed by atoms with Crippen LogP contribution in [0.1, 0.15) is 36.1 Å². The summed E-state index contributed by atoms with van der Waals surface area (Å²) < 4.78 is 5.70. The van der Waals surface area contributed by atoms with E-state index in [1.807, 2.05) is 0 Å². The van der Waals surface area contributed by atoms with E-state index in [4.69, 9.17) is 4.74 Å². The molecule has 0 aliphatic carbocycles. The monoisotopic (exact) mass is 233 g/mol. The maximum Gasteiger partial charge on any atom is 0.0594 e. The van der Waals surface area contributed by atoms with Gasteiger partial charge in [-0.2, -0.15) is 0 Å². The minimum atomic E-state index is 0.354. The fourth-order valence-electron chi connectivity index (χ4n) is 2.88. The Labute approximate surface area is 104 Å². The largest absolute Gasteiger partial charge is 0.378 e. The molecule has 3 atom stereocenters. The van der Waals surface area contributed by atoms with Crippen molar-refractivity contribution >= 4 is 0 Å². The number of hydrogen-bond acceptors (Lipinski definition) is 2. The van der Waals surface area contributed by atoms with Crippen LogP contribution in [0.5, 0.6) is 0 Å². The van der Waals surface area contributed by atoms with Crippen LogP contribution in [0.25, 0.3) is 0 Å². The van der Waals surface area contributed by atoms with Gasteiger partial charge in [-0.05, 0) is 45.4 Å². The molecule has 0 saturated carbocycles. The first-order valence-electron chi connectivity index (χ1n) is 6.49. The molecule has 0 bridgehead atoms. The Morgan fingerprint density at radius 1 is 1.35 bits per heavy atom. The summed E-state index contributed by atoms with van der Waals surface area (Å²) in [6.07, 6.45) is 1.51. The van der Waals surface area contributed by atoms with Gasteiger partial charge in [0.2, 0.25) is 0 Å². The lowest BCUT2D eigenvalue weighted by molar-refractivity contribution is 0.0962. The van der Waals surface area contributed by atoms with Crippen LogP contribution in [-0.4, -0.2) is 19.8 Å². The lowest BCUT2D eigenvalue weighted by Crippen LogP contribution is -2.30. The molecule has 1 aromatic rings. The zero-order valence-corrected chi connectivity index (χ0v) is 11.3. The second-order valence-corrected chi connectivity index (χ2v) is 5.15. The first-order chi connectivity index (χ1) is 8.13.